The molecular formula is C17H17ClFNO. The van der Waals surface area contributed by atoms with Crippen molar-refractivity contribution in [2.75, 3.05) is 5.88 Å². The zero-order valence-corrected chi connectivity index (χ0v) is 12.5. The fourth-order valence-corrected chi connectivity index (χ4v) is 2.33. The largest absolute Gasteiger partial charge is 0.348 e. The van der Waals surface area contributed by atoms with Crippen molar-refractivity contribution in [3.8, 4) is 0 Å². The Morgan fingerprint density at radius 1 is 1.24 bits per heavy atom. The molecule has 4 heteroatoms. The van der Waals surface area contributed by atoms with E-state index in [0.717, 1.165) is 11.1 Å². The number of halogens is 2. The topological polar surface area (TPSA) is 29.1 Å². The van der Waals surface area contributed by atoms with Crippen LogP contribution in [0.15, 0.2) is 48.5 Å². The van der Waals surface area contributed by atoms with Gasteiger partial charge >= 0.3 is 0 Å². The van der Waals surface area contributed by atoms with E-state index in [2.05, 4.69) is 5.32 Å². The Morgan fingerprint density at radius 2 is 1.95 bits per heavy atom. The summed E-state index contributed by atoms with van der Waals surface area (Å²) >= 11 is 5.93. The molecule has 1 atom stereocenters. The maximum atomic E-state index is 13.3. The van der Waals surface area contributed by atoms with Crippen molar-refractivity contribution in [1.29, 1.82) is 0 Å². The minimum absolute atomic E-state index is 0.191. The molecule has 1 N–H and O–H groups in total. The summed E-state index contributed by atoms with van der Waals surface area (Å²) in [6.45, 7) is 1.78. The fraction of sp³-hybridized carbons (Fsp3) is 0.235. The number of carbonyl (C=O) groups excluding carboxylic acids is 1. The second-order valence-electron chi connectivity index (χ2n) is 4.97. The van der Waals surface area contributed by atoms with E-state index in [0.29, 0.717) is 17.9 Å². The van der Waals surface area contributed by atoms with Crippen LogP contribution in [0.3, 0.4) is 0 Å². The summed E-state index contributed by atoms with van der Waals surface area (Å²) in [6.07, 6.45) is 0.643. The summed E-state index contributed by atoms with van der Waals surface area (Å²) in [7, 11) is 0. The second-order valence-corrected chi connectivity index (χ2v) is 5.28. The zero-order valence-electron chi connectivity index (χ0n) is 11.8. The molecule has 0 bridgehead atoms. The van der Waals surface area contributed by atoms with Crippen molar-refractivity contribution in [1.82, 2.24) is 5.32 Å². The summed E-state index contributed by atoms with van der Waals surface area (Å²) < 4.78 is 13.3. The van der Waals surface area contributed by atoms with Gasteiger partial charge in [-0.05, 0) is 36.6 Å². The number of rotatable bonds is 5. The molecule has 1 unspecified atom stereocenters. The van der Waals surface area contributed by atoms with Gasteiger partial charge in [-0.1, -0.05) is 36.4 Å². The van der Waals surface area contributed by atoms with E-state index in [-0.39, 0.29) is 11.9 Å². The highest BCUT2D eigenvalue weighted by Crippen LogP contribution is 2.11. The SMILES string of the molecule is Cc1ccc(F)cc1C(=O)NC(CCl)Cc1ccccc1. The lowest BCUT2D eigenvalue weighted by molar-refractivity contribution is 0.0939. The number of amides is 1. The molecular weight excluding hydrogens is 289 g/mol. The zero-order chi connectivity index (χ0) is 15.2. The van der Waals surface area contributed by atoms with Gasteiger partial charge < -0.3 is 5.32 Å². The Kier molecular flexibility index (Phi) is 5.34. The third kappa shape index (κ3) is 4.30. The van der Waals surface area contributed by atoms with Gasteiger partial charge in [0.15, 0.2) is 0 Å². The maximum Gasteiger partial charge on any atom is 0.251 e. The number of hydrogen-bond donors (Lipinski definition) is 1. The van der Waals surface area contributed by atoms with E-state index in [1.807, 2.05) is 30.3 Å². The lowest BCUT2D eigenvalue weighted by Crippen LogP contribution is -2.38. The first-order valence-corrected chi connectivity index (χ1v) is 7.30. The van der Waals surface area contributed by atoms with Gasteiger partial charge in [0.2, 0.25) is 0 Å². The molecule has 0 fully saturated rings. The fourth-order valence-electron chi connectivity index (χ4n) is 2.14. The van der Waals surface area contributed by atoms with Gasteiger partial charge in [-0.25, -0.2) is 4.39 Å². The second kappa shape index (κ2) is 7.23. The number of nitrogens with one attached hydrogen (secondary N) is 1. The van der Waals surface area contributed by atoms with Crippen LogP contribution in [-0.4, -0.2) is 17.8 Å². The maximum absolute atomic E-state index is 13.3. The molecule has 1 amide bonds. The number of alkyl halides is 1. The Balaban J connectivity index is 2.07. The molecule has 2 rings (SSSR count). The van der Waals surface area contributed by atoms with Crippen LogP contribution in [0.1, 0.15) is 21.5 Å². The highest BCUT2D eigenvalue weighted by molar-refractivity contribution is 6.18. The standard InChI is InChI=1S/C17H17ClFNO/c1-12-7-8-14(19)10-16(12)17(21)20-15(11-18)9-13-5-3-2-4-6-13/h2-8,10,15H,9,11H2,1H3,(H,20,21). The van der Waals surface area contributed by atoms with E-state index in [1.165, 1.54) is 12.1 Å². The molecule has 0 radical (unpaired) electrons. The van der Waals surface area contributed by atoms with E-state index in [9.17, 15) is 9.18 Å². The van der Waals surface area contributed by atoms with Crippen LogP contribution in [0, 0.1) is 12.7 Å². The molecule has 0 saturated carbocycles. The number of aryl methyl sites for hydroxylation is 1. The molecule has 0 heterocycles. The van der Waals surface area contributed by atoms with Gasteiger partial charge in [0.1, 0.15) is 5.82 Å². The molecule has 0 saturated heterocycles. The Hall–Kier alpha value is -1.87. The van der Waals surface area contributed by atoms with Crippen molar-refractivity contribution >= 4 is 17.5 Å². The molecule has 0 aromatic heterocycles. The monoisotopic (exact) mass is 305 g/mol. The third-order valence-corrected chi connectivity index (χ3v) is 3.66. The molecule has 2 aromatic carbocycles. The lowest BCUT2D eigenvalue weighted by atomic mass is 10.0. The average Bonchev–Trinajstić information content (AvgIpc) is 2.50. The highest BCUT2D eigenvalue weighted by Gasteiger charge is 2.15. The highest BCUT2D eigenvalue weighted by atomic mass is 35.5. The van der Waals surface area contributed by atoms with Gasteiger partial charge in [0, 0.05) is 17.5 Å². The van der Waals surface area contributed by atoms with E-state index < -0.39 is 5.82 Å². The third-order valence-electron chi connectivity index (χ3n) is 3.29. The van der Waals surface area contributed by atoms with Gasteiger partial charge in [-0.15, -0.1) is 11.6 Å². The van der Waals surface area contributed by atoms with Gasteiger partial charge in [-0.3, -0.25) is 4.79 Å². The van der Waals surface area contributed by atoms with Gasteiger partial charge in [0.25, 0.3) is 5.91 Å². The summed E-state index contributed by atoms with van der Waals surface area (Å²) in [5.74, 6) is -0.417. The molecule has 0 spiro atoms. The summed E-state index contributed by atoms with van der Waals surface area (Å²) in [6, 6.07) is 13.8. The van der Waals surface area contributed by atoms with E-state index >= 15 is 0 Å². The predicted molar refractivity (Wildman–Crippen MR) is 83.3 cm³/mol. The smallest absolute Gasteiger partial charge is 0.251 e. The minimum Gasteiger partial charge on any atom is -0.348 e. The normalized spacial score (nSPS) is 12.0. The van der Waals surface area contributed by atoms with Crippen LogP contribution in [0.2, 0.25) is 0 Å². The van der Waals surface area contributed by atoms with Crippen molar-refractivity contribution in [3.05, 3.63) is 71.0 Å². The van der Waals surface area contributed by atoms with Gasteiger partial charge in [-0.2, -0.15) is 0 Å². The van der Waals surface area contributed by atoms with Crippen LogP contribution in [0.4, 0.5) is 4.39 Å². The first kappa shape index (κ1) is 15.5. The molecule has 0 aliphatic carbocycles. The quantitative estimate of drug-likeness (QED) is 0.838. The van der Waals surface area contributed by atoms with Crippen LogP contribution >= 0.6 is 11.6 Å². The molecule has 21 heavy (non-hydrogen) atoms. The first-order valence-electron chi connectivity index (χ1n) is 6.77. The predicted octanol–water partition coefficient (Wildman–Crippen LogP) is 3.71. The summed E-state index contributed by atoms with van der Waals surface area (Å²) in [5.41, 5.74) is 2.18. The Bertz CT molecular complexity index is 615. The van der Waals surface area contributed by atoms with Gasteiger partial charge in [0.05, 0.1) is 0 Å². The van der Waals surface area contributed by atoms with Crippen LogP contribution in [0.25, 0.3) is 0 Å². The number of carbonyl (C=O) groups is 1. The van der Waals surface area contributed by atoms with Crippen molar-refractivity contribution in [2.24, 2.45) is 0 Å². The number of benzene rings is 2. The summed E-state index contributed by atoms with van der Waals surface area (Å²) in [4.78, 5) is 12.2. The van der Waals surface area contributed by atoms with Crippen LogP contribution in [-0.2, 0) is 6.42 Å². The van der Waals surface area contributed by atoms with Crippen molar-refractivity contribution in [3.63, 3.8) is 0 Å². The number of hydrogen-bond acceptors (Lipinski definition) is 1. The Labute approximate surface area is 128 Å². The Morgan fingerprint density at radius 3 is 2.62 bits per heavy atom. The lowest BCUT2D eigenvalue weighted by Gasteiger charge is -2.17. The summed E-state index contributed by atoms with van der Waals surface area (Å²) in [5, 5.41) is 2.86. The molecule has 0 aliphatic heterocycles. The van der Waals surface area contributed by atoms with E-state index in [4.69, 9.17) is 11.6 Å². The minimum atomic E-state index is -0.420. The van der Waals surface area contributed by atoms with Crippen LogP contribution < -0.4 is 5.32 Å². The van der Waals surface area contributed by atoms with Crippen LogP contribution in [0.5, 0.6) is 0 Å². The average molecular weight is 306 g/mol. The molecule has 0 aliphatic rings. The van der Waals surface area contributed by atoms with Crippen molar-refractivity contribution in [2.45, 2.75) is 19.4 Å². The van der Waals surface area contributed by atoms with Crippen molar-refractivity contribution < 1.29 is 9.18 Å². The first-order chi connectivity index (χ1) is 10.1. The molecule has 110 valence electrons. The molecule has 2 nitrogen and oxygen atoms in total. The molecule has 2 aromatic rings. The van der Waals surface area contributed by atoms with E-state index in [1.54, 1.807) is 13.0 Å².